The third-order valence-electron chi connectivity index (χ3n) is 4.63. The van der Waals surface area contributed by atoms with Gasteiger partial charge in [-0.2, -0.15) is 13.2 Å². The lowest BCUT2D eigenvalue weighted by molar-refractivity contribution is -0.135. The summed E-state index contributed by atoms with van der Waals surface area (Å²) in [6, 6.07) is 8.45. The quantitative estimate of drug-likeness (QED) is 0.618. The summed E-state index contributed by atoms with van der Waals surface area (Å²) in [6.45, 7) is 0. The van der Waals surface area contributed by atoms with Crippen LogP contribution in [0.2, 0.25) is 0 Å². The molecular weight excluding hydrogens is 289 g/mol. The molecule has 0 aliphatic heterocycles. The number of hydrogen-bond acceptors (Lipinski definition) is 1. The summed E-state index contributed by atoms with van der Waals surface area (Å²) in [6.07, 6.45) is 1.78. The highest BCUT2D eigenvalue weighted by Gasteiger charge is 2.25. The average molecular weight is 314 g/mol. The fourth-order valence-corrected chi connectivity index (χ4v) is 3.24. The van der Waals surface area contributed by atoms with Gasteiger partial charge in [-0.1, -0.05) is 24.3 Å². The Balaban J connectivity index is 1.76. The summed E-state index contributed by atoms with van der Waals surface area (Å²) in [7, 11) is 1.78. The van der Waals surface area contributed by atoms with Crippen molar-refractivity contribution >= 4 is 0 Å². The molecule has 0 aromatic heterocycles. The molecule has 1 aliphatic carbocycles. The molecule has 0 saturated heterocycles. The number of unbranched alkanes of at least 4 members (excludes halogenated alkanes) is 1. The van der Waals surface area contributed by atoms with E-state index in [9.17, 15) is 13.2 Å². The minimum Gasteiger partial charge on any atom is -0.381 e. The number of rotatable bonds is 6. The van der Waals surface area contributed by atoms with Crippen molar-refractivity contribution in [2.24, 2.45) is 0 Å². The van der Waals surface area contributed by atoms with Crippen LogP contribution in [0.15, 0.2) is 24.3 Å². The third-order valence-corrected chi connectivity index (χ3v) is 4.63. The molecule has 1 aromatic carbocycles. The zero-order valence-corrected chi connectivity index (χ0v) is 13.2. The summed E-state index contributed by atoms with van der Waals surface area (Å²) in [4.78, 5) is 0. The van der Waals surface area contributed by atoms with Gasteiger partial charge in [-0.05, 0) is 62.0 Å². The highest BCUT2D eigenvalue weighted by atomic mass is 19.4. The summed E-state index contributed by atoms with van der Waals surface area (Å²) in [5, 5.41) is 0. The van der Waals surface area contributed by atoms with E-state index in [2.05, 4.69) is 24.3 Å². The maximum atomic E-state index is 12.1. The van der Waals surface area contributed by atoms with Crippen molar-refractivity contribution in [1.29, 1.82) is 0 Å². The van der Waals surface area contributed by atoms with Gasteiger partial charge in [-0.25, -0.2) is 0 Å². The van der Waals surface area contributed by atoms with Crippen LogP contribution in [0.5, 0.6) is 0 Å². The Labute approximate surface area is 130 Å². The smallest absolute Gasteiger partial charge is 0.381 e. The first-order valence-electron chi connectivity index (χ1n) is 8.16. The molecule has 1 aliphatic rings. The largest absolute Gasteiger partial charge is 0.389 e. The lowest BCUT2D eigenvalue weighted by atomic mass is 9.82. The second-order valence-electron chi connectivity index (χ2n) is 6.27. The van der Waals surface area contributed by atoms with Crippen molar-refractivity contribution in [3.63, 3.8) is 0 Å². The standard InChI is InChI=1S/C18H25F3O/c1-22-17-11-9-16(10-12-17)15-7-5-14(6-8-15)4-2-3-13-18(19,20)21/h5-8,16-17H,2-4,9-13H2,1H3. The highest BCUT2D eigenvalue weighted by molar-refractivity contribution is 5.26. The normalized spacial score (nSPS) is 22.7. The summed E-state index contributed by atoms with van der Waals surface area (Å²) in [5.74, 6) is 0.602. The van der Waals surface area contributed by atoms with Crippen LogP contribution in [0.25, 0.3) is 0 Å². The van der Waals surface area contributed by atoms with Crippen molar-refractivity contribution in [3.05, 3.63) is 35.4 Å². The van der Waals surface area contributed by atoms with E-state index < -0.39 is 12.6 Å². The second-order valence-corrected chi connectivity index (χ2v) is 6.27. The van der Waals surface area contributed by atoms with Crippen LogP contribution in [0.3, 0.4) is 0 Å². The maximum Gasteiger partial charge on any atom is 0.389 e. The molecule has 0 amide bonds. The van der Waals surface area contributed by atoms with Crippen molar-refractivity contribution in [3.8, 4) is 0 Å². The van der Waals surface area contributed by atoms with Gasteiger partial charge >= 0.3 is 6.18 Å². The molecule has 22 heavy (non-hydrogen) atoms. The molecule has 2 rings (SSSR count). The van der Waals surface area contributed by atoms with Crippen LogP contribution in [0, 0.1) is 0 Å². The molecule has 124 valence electrons. The van der Waals surface area contributed by atoms with E-state index in [0.29, 0.717) is 18.4 Å². The van der Waals surface area contributed by atoms with Gasteiger partial charge in [-0.15, -0.1) is 0 Å². The highest BCUT2D eigenvalue weighted by Crippen LogP contribution is 2.34. The molecule has 0 spiro atoms. The molecule has 4 heteroatoms. The number of methoxy groups -OCH3 is 1. The zero-order chi connectivity index (χ0) is 16.0. The summed E-state index contributed by atoms with van der Waals surface area (Å²) >= 11 is 0. The van der Waals surface area contributed by atoms with Gasteiger partial charge in [0.15, 0.2) is 0 Å². The van der Waals surface area contributed by atoms with Gasteiger partial charge in [-0.3, -0.25) is 0 Å². The van der Waals surface area contributed by atoms with Crippen LogP contribution < -0.4 is 0 Å². The number of alkyl halides is 3. The Morgan fingerprint density at radius 2 is 1.64 bits per heavy atom. The first-order valence-corrected chi connectivity index (χ1v) is 8.16. The molecule has 1 saturated carbocycles. The average Bonchev–Trinajstić information content (AvgIpc) is 2.51. The minimum atomic E-state index is -4.02. The van der Waals surface area contributed by atoms with Crippen LogP contribution >= 0.6 is 0 Å². The Morgan fingerprint density at radius 3 is 2.18 bits per heavy atom. The number of aryl methyl sites for hydroxylation is 1. The molecule has 0 bridgehead atoms. The monoisotopic (exact) mass is 314 g/mol. The second kappa shape index (κ2) is 8.00. The van der Waals surface area contributed by atoms with E-state index in [1.54, 1.807) is 7.11 Å². The van der Waals surface area contributed by atoms with Crippen LogP contribution in [-0.2, 0) is 11.2 Å². The first-order chi connectivity index (χ1) is 10.5. The summed E-state index contributed by atoms with van der Waals surface area (Å²) < 4.78 is 41.6. The van der Waals surface area contributed by atoms with E-state index in [-0.39, 0.29) is 6.42 Å². The zero-order valence-electron chi connectivity index (χ0n) is 13.2. The Kier molecular flexibility index (Phi) is 6.30. The lowest BCUT2D eigenvalue weighted by Gasteiger charge is -2.27. The molecule has 0 N–H and O–H groups in total. The molecule has 1 fully saturated rings. The van der Waals surface area contributed by atoms with Crippen LogP contribution in [0.1, 0.15) is 62.0 Å². The predicted molar refractivity (Wildman–Crippen MR) is 82.1 cm³/mol. The van der Waals surface area contributed by atoms with Gasteiger partial charge in [0.25, 0.3) is 0 Å². The Morgan fingerprint density at radius 1 is 1.00 bits per heavy atom. The van der Waals surface area contributed by atoms with E-state index in [4.69, 9.17) is 4.74 Å². The molecule has 0 heterocycles. The van der Waals surface area contributed by atoms with Gasteiger partial charge in [0.05, 0.1) is 6.10 Å². The summed E-state index contributed by atoms with van der Waals surface area (Å²) in [5.41, 5.74) is 2.49. The third kappa shape index (κ3) is 5.64. The Hall–Kier alpha value is -1.03. The lowest BCUT2D eigenvalue weighted by Crippen LogP contribution is -2.19. The number of ether oxygens (including phenoxy) is 1. The van der Waals surface area contributed by atoms with E-state index in [1.165, 1.54) is 5.56 Å². The maximum absolute atomic E-state index is 12.1. The van der Waals surface area contributed by atoms with Crippen molar-refractivity contribution in [1.82, 2.24) is 0 Å². The number of halogens is 3. The van der Waals surface area contributed by atoms with Crippen molar-refractivity contribution < 1.29 is 17.9 Å². The fourth-order valence-electron chi connectivity index (χ4n) is 3.24. The number of benzene rings is 1. The molecule has 1 aromatic rings. The first kappa shape index (κ1) is 17.3. The van der Waals surface area contributed by atoms with Gasteiger partial charge < -0.3 is 4.74 Å². The molecule has 1 nitrogen and oxygen atoms in total. The van der Waals surface area contributed by atoms with Gasteiger partial charge in [0.1, 0.15) is 0 Å². The van der Waals surface area contributed by atoms with Gasteiger partial charge in [0.2, 0.25) is 0 Å². The topological polar surface area (TPSA) is 9.23 Å². The molecule has 0 radical (unpaired) electrons. The van der Waals surface area contributed by atoms with E-state index in [1.807, 2.05) is 0 Å². The van der Waals surface area contributed by atoms with Crippen LogP contribution in [-0.4, -0.2) is 19.4 Å². The molecule has 0 atom stereocenters. The Bertz CT molecular complexity index is 431. The van der Waals surface area contributed by atoms with Crippen molar-refractivity contribution in [2.75, 3.05) is 7.11 Å². The molecular formula is C18H25F3O. The minimum absolute atomic E-state index is 0.215. The van der Waals surface area contributed by atoms with Gasteiger partial charge in [0, 0.05) is 13.5 Å². The number of hydrogen-bond donors (Lipinski definition) is 0. The predicted octanol–water partition coefficient (Wildman–Crippen LogP) is 5.63. The van der Waals surface area contributed by atoms with E-state index in [0.717, 1.165) is 37.7 Å². The van der Waals surface area contributed by atoms with Crippen LogP contribution in [0.4, 0.5) is 13.2 Å². The van der Waals surface area contributed by atoms with Crippen molar-refractivity contribution in [2.45, 2.75) is 69.6 Å². The SMILES string of the molecule is COC1CCC(c2ccc(CCCCC(F)(F)F)cc2)CC1. The van der Waals surface area contributed by atoms with E-state index >= 15 is 0 Å². The fraction of sp³-hybridized carbons (Fsp3) is 0.667. The molecule has 0 unspecified atom stereocenters.